The zero-order valence-electron chi connectivity index (χ0n) is 20.5. The van der Waals surface area contributed by atoms with Crippen LogP contribution in [0.2, 0.25) is 0 Å². The van der Waals surface area contributed by atoms with E-state index < -0.39 is 10.0 Å². The van der Waals surface area contributed by atoms with Gasteiger partial charge in [-0.05, 0) is 68.5 Å². The first-order valence-corrected chi connectivity index (χ1v) is 13.8. The van der Waals surface area contributed by atoms with Crippen molar-refractivity contribution in [2.24, 2.45) is 0 Å². The molecule has 4 rings (SSSR count). The van der Waals surface area contributed by atoms with Crippen LogP contribution in [0.25, 0.3) is 0 Å². The molecule has 2 aromatic carbocycles. The second-order valence-corrected chi connectivity index (χ2v) is 11.2. The van der Waals surface area contributed by atoms with Gasteiger partial charge < -0.3 is 15.5 Å². The van der Waals surface area contributed by atoms with Crippen molar-refractivity contribution in [3.8, 4) is 0 Å². The van der Waals surface area contributed by atoms with Gasteiger partial charge in [0, 0.05) is 43.1 Å². The number of aryl methyl sites for hydroxylation is 1. The van der Waals surface area contributed by atoms with Crippen LogP contribution >= 0.6 is 0 Å². The highest BCUT2D eigenvalue weighted by atomic mass is 32.2. The maximum atomic E-state index is 13.3. The summed E-state index contributed by atoms with van der Waals surface area (Å²) in [5.41, 5.74) is 3.67. The fraction of sp³-hybridized carbons (Fsp3) is 0.462. The molecule has 9 heteroatoms. The van der Waals surface area contributed by atoms with E-state index in [4.69, 9.17) is 0 Å². The lowest BCUT2D eigenvalue weighted by molar-refractivity contribution is -0.117. The second kappa shape index (κ2) is 10.8. The molecule has 188 valence electrons. The third kappa shape index (κ3) is 5.67. The molecule has 2 fully saturated rings. The third-order valence-electron chi connectivity index (χ3n) is 6.76. The van der Waals surface area contributed by atoms with Crippen molar-refractivity contribution in [3.05, 3.63) is 47.5 Å². The standard InChI is InChI=1S/C26H34N4O4S/c1-19-12-13-21(17-24(19)35(33,34)29-14-5-3-4-6-15-29)28-25(31)18-27-22-9-7-10-23(20(22)2)30-16-8-11-26(30)32/h7,9-10,12-13,17,27H,3-6,8,11,14-16,18H2,1-2H3,(H,28,31). The Morgan fingerprint density at radius 3 is 2.40 bits per heavy atom. The number of hydrogen-bond donors (Lipinski definition) is 2. The molecule has 2 aromatic rings. The van der Waals surface area contributed by atoms with E-state index >= 15 is 0 Å². The first-order chi connectivity index (χ1) is 16.8. The van der Waals surface area contributed by atoms with E-state index in [1.807, 2.05) is 25.1 Å². The van der Waals surface area contributed by atoms with Crippen molar-refractivity contribution < 1.29 is 18.0 Å². The predicted octanol–water partition coefficient (Wildman–Crippen LogP) is 4.05. The van der Waals surface area contributed by atoms with Gasteiger partial charge in [0.25, 0.3) is 0 Å². The molecule has 0 unspecified atom stereocenters. The highest BCUT2D eigenvalue weighted by Gasteiger charge is 2.27. The van der Waals surface area contributed by atoms with Gasteiger partial charge in [-0.25, -0.2) is 8.42 Å². The van der Waals surface area contributed by atoms with Crippen molar-refractivity contribution in [2.75, 3.05) is 41.7 Å². The van der Waals surface area contributed by atoms with E-state index in [1.54, 1.807) is 34.3 Å². The SMILES string of the molecule is Cc1ccc(NC(=O)CNc2cccc(N3CCCC3=O)c2C)cc1S(=O)(=O)N1CCCCCC1. The molecule has 2 saturated heterocycles. The fourth-order valence-electron chi connectivity index (χ4n) is 4.77. The average Bonchev–Trinajstić information content (AvgIpc) is 3.07. The van der Waals surface area contributed by atoms with E-state index in [0.29, 0.717) is 37.3 Å². The minimum absolute atomic E-state index is 0.0142. The van der Waals surface area contributed by atoms with Crippen molar-refractivity contribution in [3.63, 3.8) is 0 Å². The van der Waals surface area contributed by atoms with E-state index in [0.717, 1.165) is 49.0 Å². The number of rotatable bonds is 7. The van der Waals surface area contributed by atoms with Crippen LogP contribution in [0.5, 0.6) is 0 Å². The molecular formula is C26H34N4O4S. The van der Waals surface area contributed by atoms with Gasteiger partial charge >= 0.3 is 0 Å². The number of nitrogens with zero attached hydrogens (tertiary/aromatic N) is 2. The first-order valence-electron chi connectivity index (χ1n) is 12.3. The summed E-state index contributed by atoms with van der Waals surface area (Å²) in [7, 11) is -3.62. The van der Waals surface area contributed by atoms with Crippen LogP contribution in [0.3, 0.4) is 0 Å². The molecule has 0 spiro atoms. The minimum atomic E-state index is -3.62. The second-order valence-electron chi connectivity index (χ2n) is 9.30. The van der Waals surface area contributed by atoms with Crippen LogP contribution in [0.15, 0.2) is 41.3 Å². The van der Waals surface area contributed by atoms with Crippen molar-refractivity contribution in [1.29, 1.82) is 0 Å². The number of nitrogens with one attached hydrogen (secondary N) is 2. The quantitative estimate of drug-likeness (QED) is 0.600. The number of anilines is 3. The Bertz CT molecular complexity index is 1200. The normalized spacial score (nSPS) is 17.3. The molecule has 0 aromatic heterocycles. The topological polar surface area (TPSA) is 98.8 Å². The molecule has 2 aliphatic heterocycles. The minimum Gasteiger partial charge on any atom is -0.376 e. The summed E-state index contributed by atoms with van der Waals surface area (Å²) in [4.78, 5) is 26.9. The maximum absolute atomic E-state index is 13.3. The zero-order valence-corrected chi connectivity index (χ0v) is 21.3. The van der Waals surface area contributed by atoms with Gasteiger partial charge in [-0.2, -0.15) is 4.31 Å². The maximum Gasteiger partial charge on any atom is 0.243 e. The number of carbonyl (C=O) groups excluding carboxylic acids is 2. The van der Waals surface area contributed by atoms with Crippen LogP contribution in [0.4, 0.5) is 17.1 Å². The van der Waals surface area contributed by atoms with E-state index in [1.165, 1.54) is 0 Å². The van der Waals surface area contributed by atoms with Gasteiger partial charge in [0.05, 0.1) is 11.4 Å². The highest BCUT2D eigenvalue weighted by molar-refractivity contribution is 7.89. The van der Waals surface area contributed by atoms with Gasteiger partial charge in [-0.1, -0.05) is 25.0 Å². The number of carbonyl (C=O) groups is 2. The Kier molecular flexibility index (Phi) is 7.76. The lowest BCUT2D eigenvalue weighted by Crippen LogP contribution is -2.32. The molecule has 2 N–H and O–H groups in total. The smallest absolute Gasteiger partial charge is 0.243 e. The van der Waals surface area contributed by atoms with Crippen molar-refractivity contribution in [2.45, 2.75) is 57.3 Å². The van der Waals surface area contributed by atoms with Crippen LogP contribution < -0.4 is 15.5 Å². The van der Waals surface area contributed by atoms with Crippen LogP contribution in [-0.2, 0) is 19.6 Å². The molecule has 0 radical (unpaired) electrons. The lowest BCUT2D eigenvalue weighted by atomic mass is 10.1. The van der Waals surface area contributed by atoms with E-state index in [2.05, 4.69) is 10.6 Å². The monoisotopic (exact) mass is 498 g/mol. The summed E-state index contributed by atoms with van der Waals surface area (Å²) in [5, 5.41) is 5.96. The molecule has 0 atom stereocenters. The summed E-state index contributed by atoms with van der Waals surface area (Å²) in [6.07, 6.45) is 5.24. The number of amides is 2. The molecule has 0 bridgehead atoms. The van der Waals surface area contributed by atoms with Crippen LogP contribution in [0.1, 0.15) is 49.7 Å². The zero-order chi connectivity index (χ0) is 25.0. The molecule has 35 heavy (non-hydrogen) atoms. The third-order valence-corrected chi connectivity index (χ3v) is 8.80. The average molecular weight is 499 g/mol. The van der Waals surface area contributed by atoms with Gasteiger partial charge in [0.1, 0.15) is 0 Å². The molecule has 8 nitrogen and oxygen atoms in total. The van der Waals surface area contributed by atoms with Gasteiger partial charge in [-0.3, -0.25) is 9.59 Å². The number of sulfonamides is 1. The largest absolute Gasteiger partial charge is 0.376 e. The summed E-state index contributed by atoms with van der Waals surface area (Å²) in [5.74, 6) is -0.165. The van der Waals surface area contributed by atoms with Gasteiger partial charge in [0.15, 0.2) is 0 Å². The summed E-state index contributed by atoms with van der Waals surface area (Å²) < 4.78 is 28.1. The van der Waals surface area contributed by atoms with Crippen molar-refractivity contribution in [1.82, 2.24) is 4.31 Å². The first kappa shape index (κ1) is 25.2. The Morgan fingerprint density at radius 1 is 0.971 bits per heavy atom. The predicted molar refractivity (Wildman–Crippen MR) is 138 cm³/mol. The Labute approximate surface area is 207 Å². The van der Waals surface area contributed by atoms with E-state index in [-0.39, 0.29) is 23.3 Å². The molecule has 2 amide bonds. The fourth-order valence-corrected chi connectivity index (χ4v) is 6.54. The number of hydrogen-bond acceptors (Lipinski definition) is 5. The highest BCUT2D eigenvalue weighted by Crippen LogP contribution is 2.30. The van der Waals surface area contributed by atoms with Gasteiger partial charge in [0.2, 0.25) is 21.8 Å². The van der Waals surface area contributed by atoms with Crippen molar-refractivity contribution >= 4 is 38.9 Å². The van der Waals surface area contributed by atoms with Crippen LogP contribution in [0, 0.1) is 13.8 Å². The Hall–Kier alpha value is -2.91. The molecule has 2 heterocycles. The molecule has 2 aliphatic rings. The lowest BCUT2D eigenvalue weighted by Gasteiger charge is -2.22. The summed E-state index contributed by atoms with van der Waals surface area (Å²) >= 11 is 0. The van der Waals surface area contributed by atoms with Crippen LogP contribution in [-0.4, -0.2) is 50.7 Å². The Balaban J connectivity index is 1.43. The number of benzene rings is 2. The molecule has 0 saturated carbocycles. The summed E-state index contributed by atoms with van der Waals surface area (Å²) in [6, 6.07) is 10.7. The Morgan fingerprint density at radius 2 is 1.71 bits per heavy atom. The molecular weight excluding hydrogens is 464 g/mol. The summed E-state index contributed by atoms with van der Waals surface area (Å²) in [6.45, 7) is 5.49. The van der Waals surface area contributed by atoms with Gasteiger partial charge in [-0.15, -0.1) is 0 Å². The van der Waals surface area contributed by atoms with E-state index in [9.17, 15) is 18.0 Å². The molecule has 0 aliphatic carbocycles.